The average Bonchev–Trinajstić information content (AvgIpc) is 2.80. The normalized spacial score (nSPS) is 12.4. The highest BCUT2D eigenvalue weighted by molar-refractivity contribution is 4.66. The van der Waals surface area contributed by atoms with Crippen molar-refractivity contribution in [1.29, 1.82) is 0 Å². The topological polar surface area (TPSA) is 8.88 Å². The van der Waals surface area contributed by atoms with Gasteiger partial charge in [-0.1, -0.05) is 96.3 Å². The minimum Gasteiger partial charge on any atom is -0.335 e. The molecule has 200 valence electrons. The smallest absolute Gasteiger partial charge is 0.0919 e. The molecule has 0 aliphatic heterocycles. The molecule has 0 aliphatic carbocycles. The summed E-state index contributed by atoms with van der Waals surface area (Å²) in [5.41, 5.74) is 0.468. The van der Waals surface area contributed by atoms with Crippen molar-refractivity contribution in [3.8, 4) is 0 Å². The van der Waals surface area contributed by atoms with Crippen molar-refractivity contribution < 1.29 is 9.80 Å². The molecular weight excluding hydrogens is 400 g/mol. The van der Waals surface area contributed by atoms with Gasteiger partial charge in [0.2, 0.25) is 0 Å². The fraction of sp³-hybridized carbons (Fsp3) is 1.00. The van der Waals surface area contributed by atoms with Crippen molar-refractivity contribution >= 4 is 0 Å². The third kappa shape index (κ3) is 19.9. The summed E-state index contributed by atoms with van der Waals surface area (Å²) in [6.07, 6.45) is 27.8. The Labute approximate surface area is 211 Å². The first-order chi connectivity index (χ1) is 16.0. The highest BCUT2D eigenvalue weighted by Gasteiger charge is 2.27. The molecule has 0 aromatic rings. The maximum absolute atomic E-state index is 2.46. The Morgan fingerprint density at radius 1 is 0.394 bits per heavy atom. The van der Waals surface area contributed by atoms with Crippen LogP contribution in [0.4, 0.5) is 0 Å². The van der Waals surface area contributed by atoms with Gasteiger partial charge in [-0.3, -0.25) is 0 Å². The molecule has 33 heavy (non-hydrogen) atoms. The Kier molecular flexibility index (Phi) is 23.6. The zero-order chi connectivity index (χ0) is 24.6. The van der Waals surface area contributed by atoms with Gasteiger partial charge >= 0.3 is 0 Å². The van der Waals surface area contributed by atoms with Crippen LogP contribution in [0.15, 0.2) is 0 Å². The van der Waals surface area contributed by atoms with E-state index in [-0.39, 0.29) is 0 Å². The molecule has 0 aromatic carbocycles. The number of hydrogen-bond acceptors (Lipinski definition) is 0. The van der Waals surface area contributed by atoms with Crippen LogP contribution in [0, 0.1) is 0 Å². The van der Waals surface area contributed by atoms with Gasteiger partial charge in [0.1, 0.15) is 0 Å². The van der Waals surface area contributed by atoms with Gasteiger partial charge in [0.05, 0.1) is 38.3 Å². The highest BCUT2D eigenvalue weighted by atomic mass is 15.2. The van der Waals surface area contributed by atoms with E-state index < -0.39 is 0 Å². The minimum absolute atomic E-state index is 0.468. The zero-order valence-electron chi connectivity index (χ0n) is 24.5. The van der Waals surface area contributed by atoms with Gasteiger partial charge in [-0.05, 0) is 60.8 Å². The van der Waals surface area contributed by atoms with Crippen LogP contribution in [0.5, 0.6) is 0 Å². The first kappa shape index (κ1) is 32.9. The van der Waals surface area contributed by atoms with Gasteiger partial charge in [0.25, 0.3) is 0 Å². The van der Waals surface area contributed by atoms with Gasteiger partial charge < -0.3 is 9.80 Å². The molecule has 0 fully saturated rings. The molecule has 0 amide bonds. The molecule has 0 rings (SSSR count). The summed E-state index contributed by atoms with van der Waals surface area (Å²) < 4.78 is 0. The summed E-state index contributed by atoms with van der Waals surface area (Å²) in [6.45, 7) is 20.8. The van der Waals surface area contributed by atoms with E-state index in [1.165, 1.54) is 155 Å². The Balaban J connectivity index is 3.24. The standard InChI is InChI=1S/C31H66N2/c1-7-32(8-2)30-28-26-24-22-20-18-16-14-12-11-13-15-17-19-21-23-25-27-29-31(5,6)33(9-3)10-4/h7-30H2,1-6H3/p+2. The predicted molar refractivity (Wildman–Crippen MR) is 151 cm³/mol. The Morgan fingerprint density at radius 2 is 0.697 bits per heavy atom. The fourth-order valence-electron chi connectivity index (χ4n) is 5.76. The molecule has 0 heterocycles. The fourth-order valence-corrected chi connectivity index (χ4v) is 5.76. The third-order valence-electron chi connectivity index (χ3n) is 8.39. The van der Waals surface area contributed by atoms with E-state index in [2.05, 4.69) is 41.5 Å². The minimum atomic E-state index is 0.468. The lowest BCUT2D eigenvalue weighted by molar-refractivity contribution is -0.946. The van der Waals surface area contributed by atoms with Crippen LogP contribution in [0.3, 0.4) is 0 Å². The molecule has 0 unspecified atom stereocenters. The van der Waals surface area contributed by atoms with E-state index in [0.717, 1.165) is 0 Å². The molecule has 0 bridgehead atoms. The van der Waals surface area contributed by atoms with Crippen molar-refractivity contribution in [3.05, 3.63) is 0 Å². The molecule has 0 radical (unpaired) electrons. The van der Waals surface area contributed by atoms with E-state index in [4.69, 9.17) is 0 Å². The van der Waals surface area contributed by atoms with Crippen molar-refractivity contribution in [2.45, 2.75) is 169 Å². The van der Waals surface area contributed by atoms with Crippen molar-refractivity contribution in [1.82, 2.24) is 0 Å². The maximum atomic E-state index is 2.46. The van der Waals surface area contributed by atoms with Crippen LogP contribution < -0.4 is 9.80 Å². The molecular formula is C31H68N2+2. The molecule has 0 saturated carbocycles. The van der Waals surface area contributed by atoms with Gasteiger partial charge in [0.15, 0.2) is 0 Å². The summed E-state index contributed by atoms with van der Waals surface area (Å²) in [5, 5.41) is 0. The maximum Gasteiger partial charge on any atom is 0.0919 e. The largest absolute Gasteiger partial charge is 0.335 e. The van der Waals surface area contributed by atoms with Crippen LogP contribution in [0.2, 0.25) is 0 Å². The first-order valence-corrected chi connectivity index (χ1v) is 15.7. The lowest BCUT2D eigenvalue weighted by Crippen LogP contribution is -3.18. The SMILES string of the molecule is CC[NH+](CC)CCCCCCCCCCCCCCCCCCCCC(C)(C)[NH+](CC)CC. The number of hydrogen-bond donors (Lipinski definition) is 2. The molecule has 0 aromatic heterocycles. The number of quaternary nitrogens is 2. The van der Waals surface area contributed by atoms with Crippen molar-refractivity contribution in [3.63, 3.8) is 0 Å². The van der Waals surface area contributed by atoms with Crippen LogP contribution in [-0.2, 0) is 0 Å². The van der Waals surface area contributed by atoms with Gasteiger partial charge in [-0.15, -0.1) is 0 Å². The Hall–Kier alpha value is -0.0800. The highest BCUT2D eigenvalue weighted by Crippen LogP contribution is 2.16. The quantitative estimate of drug-likeness (QED) is 0.126. The van der Waals surface area contributed by atoms with Gasteiger partial charge in [-0.2, -0.15) is 0 Å². The lowest BCUT2D eigenvalue weighted by Gasteiger charge is -2.34. The van der Waals surface area contributed by atoms with E-state index in [0.29, 0.717) is 5.54 Å². The van der Waals surface area contributed by atoms with Crippen molar-refractivity contribution in [2.24, 2.45) is 0 Å². The number of nitrogens with one attached hydrogen (secondary N) is 2. The lowest BCUT2D eigenvalue weighted by atomic mass is 9.94. The van der Waals surface area contributed by atoms with Crippen LogP contribution in [0.25, 0.3) is 0 Å². The summed E-state index contributed by atoms with van der Waals surface area (Å²) >= 11 is 0. The molecule has 2 heteroatoms. The summed E-state index contributed by atoms with van der Waals surface area (Å²) in [4.78, 5) is 3.54. The molecule has 2 nitrogen and oxygen atoms in total. The predicted octanol–water partition coefficient (Wildman–Crippen LogP) is 7.03. The average molecular weight is 469 g/mol. The zero-order valence-corrected chi connectivity index (χ0v) is 24.5. The molecule has 0 saturated heterocycles. The summed E-state index contributed by atoms with van der Waals surface area (Å²) in [7, 11) is 0. The summed E-state index contributed by atoms with van der Waals surface area (Å²) in [5.74, 6) is 0. The molecule has 2 N–H and O–H groups in total. The van der Waals surface area contributed by atoms with Crippen LogP contribution >= 0.6 is 0 Å². The second-order valence-corrected chi connectivity index (χ2v) is 11.5. The Bertz CT molecular complexity index is 371. The first-order valence-electron chi connectivity index (χ1n) is 15.7. The van der Waals surface area contributed by atoms with Gasteiger partial charge in [0, 0.05) is 6.42 Å². The Morgan fingerprint density at radius 3 is 1.00 bits per heavy atom. The van der Waals surface area contributed by atoms with Crippen LogP contribution in [0.1, 0.15) is 164 Å². The monoisotopic (exact) mass is 469 g/mol. The van der Waals surface area contributed by atoms with Crippen LogP contribution in [-0.4, -0.2) is 38.3 Å². The summed E-state index contributed by atoms with van der Waals surface area (Å²) in [6, 6.07) is 0. The molecule has 0 aliphatic rings. The number of unbranched alkanes of at least 4 members (excludes halogenated alkanes) is 17. The second kappa shape index (κ2) is 23.7. The van der Waals surface area contributed by atoms with Gasteiger partial charge in [-0.25, -0.2) is 0 Å². The van der Waals surface area contributed by atoms with E-state index in [1.54, 1.807) is 9.80 Å². The number of rotatable bonds is 26. The molecule has 0 atom stereocenters. The van der Waals surface area contributed by atoms with E-state index >= 15 is 0 Å². The molecule has 0 spiro atoms. The third-order valence-corrected chi connectivity index (χ3v) is 8.39. The second-order valence-electron chi connectivity index (χ2n) is 11.5. The van der Waals surface area contributed by atoms with Crippen molar-refractivity contribution in [2.75, 3.05) is 32.7 Å². The van der Waals surface area contributed by atoms with E-state index in [1.807, 2.05) is 0 Å². The van der Waals surface area contributed by atoms with E-state index in [9.17, 15) is 0 Å².